The molecule has 0 fully saturated rings. The Bertz CT molecular complexity index is 736. The number of phosphoric ester groups is 1. The van der Waals surface area contributed by atoms with E-state index >= 15 is 0 Å². The van der Waals surface area contributed by atoms with E-state index in [4.69, 9.17) is 24.8 Å². The van der Waals surface area contributed by atoms with Crippen molar-refractivity contribution in [1.82, 2.24) is 0 Å². The molecule has 0 aromatic carbocycles. The molecule has 0 radical (unpaired) electrons. The fourth-order valence-corrected chi connectivity index (χ4v) is 4.84. The monoisotopic (exact) mass is 609 g/mol. The number of carboxylic acids is 1. The number of hydrogen-bond acceptors (Lipinski definition) is 9. The highest BCUT2D eigenvalue weighted by atomic mass is 31.2. The molecule has 0 bridgehead atoms. The van der Waals surface area contributed by atoms with Gasteiger partial charge >= 0.3 is 25.7 Å². The fraction of sp³-hybridized carbons (Fsp3) is 0.897. The van der Waals surface area contributed by atoms with Gasteiger partial charge in [0.15, 0.2) is 6.10 Å². The van der Waals surface area contributed by atoms with Crippen LogP contribution in [-0.4, -0.2) is 59.9 Å². The molecule has 0 spiro atoms. The first-order chi connectivity index (χ1) is 19.6. The van der Waals surface area contributed by atoms with Crippen molar-refractivity contribution in [3.63, 3.8) is 0 Å². The van der Waals surface area contributed by atoms with E-state index in [0.717, 1.165) is 38.5 Å². The molecule has 0 rings (SSSR count). The molecule has 0 aromatic rings. The first-order valence-corrected chi connectivity index (χ1v) is 17.1. The standard InChI is InChI=1S/C29H56NO10P/c1-3-5-7-9-10-11-12-13-14-15-16-17-19-21-28(32)40-25(22-37-27(31)20-18-8-6-4-2)23-38-41(35,36)39-24-26(30)29(33)34/h25-26H,3-24,30H2,1-2H3,(H,33,34)(H,35,36). The summed E-state index contributed by atoms with van der Waals surface area (Å²) in [6.45, 7) is 2.62. The Hall–Kier alpha value is -1.52. The van der Waals surface area contributed by atoms with Crippen molar-refractivity contribution >= 4 is 25.7 Å². The summed E-state index contributed by atoms with van der Waals surface area (Å²) < 4.78 is 32.1. The summed E-state index contributed by atoms with van der Waals surface area (Å²) in [6.07, 6.45) is 18.2. The number of carbonyl (C=O) groups excluding carboxylic acids is 2. The molecule has 11 nitrogen and oxygen atoms in total. The minimum atomic E-state index is -4.68. The van der Waals surface area contributed by atoms with Crippen LogP contribution in [-0.2, 0) is 37.5 Å². The number of phosphoric acid groups is 1. The Balaban J connectivity index is 4.40. The van der Waals surface area contributed by atoms with E-state index in [-0.39, 0.29) is 19.4 Å². The van der Waals surface area contributed by atoms with E-state index < -0.39 is 51.1 Å². The number of esters is 2. The average Bonchev–Trinajstić information content (AvgIpc) is 2.93. The Morgan fingerprint density at radius 3 is 1.56 bits per heavy atom. The molecule has 0 amide bonds. The first-order valence-electron chi connectivity index (χ1n) is 15.6. The molecule has 242 valence electrons. The van der Waals surface area contributed by atoms with Gasteiger partial charge in [-0.05, 0) is 12.8 Å². The lowest BCUT2D eigenvalue weighted by Crippen LogP contribution is -2.34. The van der Waals surface area contributed by atoms with E-state index in [1.807, 2.05) is 0 Å². The molecule has 12 heteroatoms. The Kier molecular flexibility index (Phi) is 25.2. The maximum Gasteiger partial charge on any atom is 0.472 e. The molecular weight excluding hydrogens is 553 g/mol. The van der Waals surface area contributed by atoms with Crippen molar-refractivity contribution in [2.24, 2.45) is 5.73 Å². The summed E-state index contributed by atoms with van der Waals surface area (Å²) in [5.74, 6) is -2.40. The van der Waals surface area contributed by atoms with Crippen molar-refractivity contribution in [3.05, 3.63) is 0 Å². The van der Waals surface area contributed by atoms with Gasteiger partial charge in [-0.3, -0.25) is 23.4 Å². The van der Waals surface area contributed by atoms with Crippen LogP contribution in [0.4, 0.5) is 0 Å². The smallest absolute Gasteiger partial charge is 0.472 e. The minimum Gasteiger partial charge on any atom is -0.480 e. The predicted octanol–water partition coefficient (Wildman–Crippen LogP) is 6.44. The maximum atomic E-state index is 12.4. The van der Waals surface area contributed by atoms with E-state index in [0.29, 0.717) is 12.8 Å². The van der Waals surface area contributed by atoms with Crippen LogP contribution < -0.4 is 5.73 Å². The van der Waals surface area contributed by atoms with Gasteiger partial charge in [0.05, 0.1) is 13.2 Å². The molecule has 0 aliphatic rings. The third kappa shape index (κ3) is 25.9. The van der Waals surface area contributed by atoms with Crippen molar-refractivity contribution in [2.75, 3.05) is 19.8 Å². The zero-order valence-corrected chi connectivity index (χ0v) is 26.3. The molecular formula is C29H56NO10P. The number of rotatable bonds is 29. The van der Waals surface area contributed by atoms with E-state index in [2.05, 4.69) is 18.4 Å². The Morgan fingerprint density at radius 2 is 1.07 bits per heavy atom. The molecule has 0 heterocycles. The second kappa shape index (κ2) is 26.1. The topological polar surface area (TPSA) is 172 Å². The molecule has 0 aliphatic carbocycles. The quantitative estimate of drug-likeness (QED) is 0.0484. The second-order valence-electron chi connectivity index (χ2n) is 10.6. The third-order valence-corrected chi connectivity index (χ3v) is 7.56. The first kappa shape index (κ1) is 39.5. The van der Waals surface area contributed by atoms with Gasteiger partial charge in [0.2, 0.25) is 0 Å². The normalized spacial score (nSPS) is 14.2. The summed E-state index contributed by atoms with van der Waals surface area (Å²) in [6, 6.07) is -1.51. The van der Waals surface area contributed by atoms with Crippen molar-refractivity contribution in [3.8, 4) is 0 Å². The van der Waals surface area contributed by atoms with Gasteiger partial charge in [0, 0.05) is 12.8 Å². The summed E-state index contributed by atoms with van der Waals surface area (Å²) >= 11 is 0. The van der Waals surface area contributed by atoms with E-state index in [1.54, 1.807) is 0 Å². The minimum absolute atomic E-state index is 0.167. The lowest BCUT2D eigenvalue weighted by molar-refractivity contribution is -0.161. The number of carboxylic acid groups (broad SMARTS) is 1. The predicted molar refractivity (Wildman–Crippen MR) is 157 cm³/mol. The van der Waals surface area contributed by atoms with Gasteiger partial charge in [-0.15, -0.1) is 0 Å². The Morgan fingerprint density at radius 1 is 0.659 bits per heavy atom. The van der Waals surface area contributed by atoms with Gasteiger partial charge in [-0.1, -0.05) is 110 Å². The highest BCUT2D eigenvalue weighted by Crippen LogP contribution is 2.43. The lowest BCUT2D eigenvalue weighted by atomic mass is 10.0. The van der Waals surface area contributed by atoms with Crippen molar-refractivity contribution in [2.45, 2.75) is 148 Å². The SMILES string of the molecule is CCCCCCCCCCCCCCCC(=O)OC(COC(=O)CCCCCC)COP(=O)(O)OCC(N)C(=O)O. The zero-order chi connectivity index (χ0) is 30.8. The summed E-state index contributed by atoms with van der Waals surface area (Å²) in [5.41, 5.74) is 5.27. The number of aliphatic carboxylic acids is 1. The number of ether oxygens (including phenoxy) is 2. The number of unbranched alkanes of at least 4 members (excludes halogenated alkanes) is 15. The highest BCUT2D eigenvalue weighted by molar-refractivity contribution is 7.47. The van der Waals surface area contributed by atoms with Gasteiger partial charge in [0.25, 0.3) is 0 Å². The fourth-order valence-electron chi connectivity index (χ4n) is 4.06. The number of carbonyl (C=O) groups is 3. The largest absolute Gasteiger partial charge is 0.480 e. The summed E-state index contributed by atoms with van der Waals surface area (Å²) in [7, 11) is -4.68. The zero-order valence-electron chi connectivity index (χ0n) is 25.4. The molecule has 0 aliphatic heterocycles. The average molecular weight is 610 g/mol. The summed E-state index contributed by atoms with van der Waals surface area (Å²) in [4.78, 5) is 45.0. The van der Waals surface area contributed by atoms with Crippen molar-refractivity contribution in [1.29, 1.82) is 0 Å². The molecule has 0 saturated carbocycles. The second-order valence-corrected chi connectivity index (χ2v) is 12.1. The van der Waals surface area contributed by atoms with Crippen LogP contribution in [0.1, 0.15) is 136 Å². The highest BCUT2D eigenvalue weighted by Gasteiger charge is 2.28. The summed E-state index contributed by atoms with van der Waals surface area (Å²) in [5, 5.41) is 8.78. The van der Waals surface area contributed by atoms with Crippen LogP contribution in [0.3, 0.4) is 0 Å². The van der Waals surface area contributed by atoms with Crippen LogP contribution >= 0.6 is 7.82 Å². The molecule has 0 aromatic heterocycles. The van der Waals surface area contributed by atoms with Crippen LogP contribution in [0.15, 0.2) is 0 Å². The van der Waals surface area contributed by atoms with Crippen LogP contribution in [0, 0.1) is 0 Å². The van der Waals surface area contributed by atoms with Gasteiger partial charge in [-0.2, -0.15) is 0 Å². The van der Waals surface area contributed by atoms with Crippen molar-refractivity contribution < 1.29 is 47.5 Å². The Labute approximate surface area is 246 Å². The molecule has 4 N–H and O–H groups in total. The molecule has 41 heavy (non-hydrogen) atoms. The van der Waals surface area contributed by atoms with Gasteiger partial charge in [-0.25, -0.2) is 4.57 Å². The van der Waals surface area contributed by atoms with E-state index in [1.165, 1.54) is 57.8 Å². The number of hydrogen-bond donors (Lipinski definition) is 3. The molecule has 3 unspecified atom stereocenters. The number of nitrogens with two attached hydrogens (primary N) is 1. The van der Waals surface area contributed by atoms with E-state index in [9.17, 15) is 23.8 Å². The molecule has 3 atom stereocenters. The van der Waals surface area contributed by atoms with Gasteiger partial charge in [0.1, 0.15) is 12.6 Å². The van der Waals surface area contributed by atoms with Crippen LogP contribution in [0.25, 0.3) is 0 Å². The third-order valence-electron chi connectivity index (χ3n) is 6.61. The van der Waals surface area contributed by atoms with Gasteiger partial charge < -0.3 is 25.2 Å². The maximum absolute atomic E-state index is 12.4. The van der Waals surface area contributed by atoms with Crippen LogP contribution in [0.5, 0.6) is 0 Å². The van der Waals surface area contributed by atoms with Crippen LogP contribution in [0.2, 0.25) is 0 Å². The molecule has 0 saturated heterocycles. The lowest BCUT2D eigenvalue weighted by Gasteiger charge is -2.20.